The molecule has 24 heavy (non-hydrogen) atoms. The highest BCUT2D eigenvalue weighted by Gasteiger charge is 2.42. The normalized spacial score (nSPS) is 28.4. The molecule has 0 aromatic heterocycles. The predicted molar refractivity (Wildman–Crippen MR) is 92.1 cm³/mol. The molecule has 7 heteroatoms. The minimum absolute atomic E-state index is 0.161. The molecular weight excluding hydrogens is 328 g/mol. The molecule has 6 nitrogen and oxygen atoms in total. The van der Waals surface area contributed by atoms with E-state index in [4.69, 9.17) is 4.74 Å². The summed E-state index contributed by atoms with van der Waals surface area (Å²) in [5.41, 5.74) is -0.214. The molecule has 0 aromatic rings. The van der Waals surface area contributed by atoms with E-state index in [-0.39, 0.29) is 11.4 Å². The first kappa shape index (κ1) is 18.1. The summed E-state index contributed by atoms with van der Waals surface area (Å²) < 4.78 is 31.7. The fourth-order valence-electron chi connectivity index (χ4n) is 4.35. The Hall–Kier alpha value is -0.660. The lowest BCUT2D eigenvalue weighted by molar-refractivity contribution is -0.139. The Bertz CT molecular complexity index is 549. The molecule has 0 radical (unpaired) electrons. The molecule has 1 spiro atoms. The average Bonchev–Trinajstić information content (AvgIpc) is 3.10. The van der Waals surface area contributed by atoms with Crippen LogP contribution in [-0.2, 0) is 19.6 Å². The van der Waals surface area contributed by atoms with Crippen molar-refractivity contribution in [3.63, 3.8) is 0 Å². The van der Waals surface area contributed by atoms with Crippen molar-refractivity contribution in [1.29, 1.82) is 0 Å². The van der Waals surface area contributed by atoms with Crippen LogP contribution < -0.4 is 0 Å². The summed E-state index contributed by atoms with van der Waals surface area (Å²) in [6.07, 6.45) is 6.23. The minimum atomic E-state index is -3.10. The quantitative estimate of drug-likeness (QED) is 0.766. The first-order valence-electron chi connectivity index (χ1n) is 9.34. The molecule has 3 saturated heterocycles. The number of hydrogen-bond acceptors (Lipinski definition) is 4. The van der Waals surface area contributed by atoms with E-state index in [0.717, 1.165) is 51.6 Å². The van der Waals surface area contributed by atoms with Crippen LogP contribution in [0.2, 0.25) is 0 Å². The smallest absolute Gasteiger partial charge is 0.222 e. The highest BCUT2D eigenvalue weighted by atomic mass is 32.2. The Labute approximate surface area is 145 Å². The number of piperidine rings is 1. The van der Waals surface area contributed by atoms with Gasteiger partial charge < -0.3 is 9.64 Å². The van der Waals surface area contributed by atoms with E-state index < -0.39 is 10.0 Å². The van der Waals surface area contributed by atoms with Crippen LogP contribution >= 0.6 is 0 Å². The molecule has 3 rings (SSSR count). The van der Waals surface area contributed by atoms with E-state index in [1.807, 2.05) is 4.90 Å². The van der Waals surface area contributed by atoms with Gasteiger partial charge in [0.1, 0.15) is 0 Å². The van der Waals surface area contributed by atoms with Crippen molar-refractivity contribution in [3.05, 3.63) is 0 Å². The lowest BCUT2D eigenvalue weighted by Crippen LogP contribution is -2.51. The van der Waals surface area contributed by atoms with Crippen molar-refractivity contribution in [2.24, 2.45) is 5.92 Å². The zero-order valence-corrected chi connectivity index (χ0v) is 15.5. The van der Waals surface area contributed by atoms with Crippen LogP contribution in [0.15, 0.2) is 0 Å². The first-order valence-corrected chi connectivity index (χ1v) is 10.9. The van der Waals surface area contributed by atoms with E-state index in [0.29, 0.717) is 37.9 Å². The molecular formula is C17H30N2O4S. The Balaban J connectivity index is 1.55. The van der Waals surface area contributed by atoms with Gasteiger partial charge in [-0.25, -0.2) is 12.7 Å². The Morgan fingerprint density at radius 1 is 1.17 bits per heavy atom. The molecule has 0 aliphatic carbocycles. The van der Waals surface area contributed by atoms with Crippen molar-refractivity contribution in [3.8, 4) is 0 Å². The van der Waals surface area contributed by atoms with Crippen molar-refractivity contribution >= 4 is 15.9 Å². The number of carbonyl (C=O) groups is 1. The van der Waals surface area contributed by atoms with Gasteiger partial charge in [-0.1, -0.05) is 0 Å². The summed E-state index contributed by atoms with van der Waals surface area (Å²) in [6, 6.07) is 0. The number of carbonyl (C=O) groups excluding carboxylic acids is 1. The third-order valence-electron chi connectivity index (χ3n) is 5.91. The second-order valence-electron chi connectivity index (χ2n) is 7.48. The van der Waals surface area contributed by atoms with E-state index in [1.165, 1.54) is 0 Å². The molecule has 1 atom stereocenters. The molecule has 0 saturated carbocycles. The van der Waals surface area contributed by atoms with Crippen LogP contribution in [-0.4, -0.2) is 67.7 Å². The number of amides is 1. The van der Waals surface area contributed by atoms with Gasteiger partial charge in [-0.2, -0.15) is 0 Å². The zero-order chi connectivity index (χ0) is 17.2. The van der Waals surface area contributed by atoms with E-state index in [1.54, 1.807) is 11.2 Å². The Morgan fingerprint density at radius 2 is 1.83 bits per heavy atom. The SMILES string of the molecule is CCS(=O)(=O)N1CCC2(CC1)CC(CC(=O)N1CCCC1)CCO2. The molecule has 1 amide bonds. The van der Waals surface area contributed by atoms with Crippen molar-refractivity contribution < 1.29 is 17.9 Å². The van der Waals surface area contributed by atoms with Crippen LogP contribution in [0.4, 0.5) is 0 Å². The Morgan fingerprint density at radius 3 is 2.46 bits per heavy atom. The molecule has 3 fully saturated rings. The standard InChI is InChI=1S/C17H30N2O4S/c1-2-24(21,22)19-10-6-17(7-11-19)14-15(5-12-23-17)13-16(20)18-8-3-4-9-18/h15H,2-14H2,1H3. The van der Waals surface area contributed by atoms with Gasteiger partial charge in [0.15, 0.2) is 0 Å². The molecule has 0 aromatic carbocycles. The number of sulfonamides is 1. The highest BCUT2D eigenvalue weighted by molar-refractivity contribution is 7.89. The predicted octanol–water partition coefficient (Wildman–Crippen LogP) is 1.61. The van der Waals surface area contributed by atoms with E-state index in [9.17, 15) is 13.2 Å². The molecule has 1 unspecified atom stereocenters. The second kappa shape index (κ2) is 7.30. The summed E-state index contributed by atoms with van der Waals surface area (Å²) in [5, 5.41) is 0. The average molecular weight is 359 g/mol. The monoisotopic (exact) mass is 358 g/mol. The van der Waals surface area contributed by atoms with E-state index in [2.05, 4.69) is 0 Å². The lowest BCUT2D eigenvalue weighted by Gasteiger charge is -2.45. The van der Waals surface area contributed by atoms with Gasteiger partial charge in [-0.3, -0.25) is 4.79 Å². The van der Waals surface area contributed by atoms with Crippen molar-refractivity contribution in [2.45, 2.75) is 57.5 Å². The molecule has 0 bridgehead atoms. The van der Waals surface area contributed by atoms with Crippen LogP contribution in [0.1, 0.15) is 51.9 Å². The van der Waals surface area contributed by atoms with Crippen molar-refractivity contribution in [2.75, 3.05) is 38.5 Å². The third kappa shape index (κ3) is 3.94. The fourth-order valence-corrected chi connectivity index (χ4v) is 5.45. The van der Waals surface area contributed by atoms with Crippen molar-refractivity contribution in [1.82, 2.24) is 9.21 Å². The summed E-state index contributed by atoms with van der Waals surface area (Å²) in [4.78, 5) is 14.4. The molecule has 0 N–H and O–H groups in total. The molecule has 3 aliphatic heterocycles. The number of ether oxygens (including phenoxy) is 1. The van der Waals surface area contributed by atoms with Crippen LogP contribution in [0.25, 0.3) is 0 Å². The van der Waals surface area contributed by atoms with Crippen LogP contribution in [0, 0.1) is 5.92 Å². The van der Waals surface area contributed by atoms with Gasteiger partial charge in [0.05, 0.1) is 11.4 Å². The van der Waals surface area contributed by atoms with Crippen LogP contribution in [0.5, 0.6) is 0 Å². The lowest BCUT2D eigenvalue weighted by atomic mass is 9.78. The number of hydrogen-bond donors (Lipinski definition) is 0. The molecule has 3 aliphatic rings. The maximum atomic E-state index is 12.4. The van der Waals surface area contributed by atoms with Gasteiger partial charge in [-0.15, -0.1) is 0 Å². The topological polar surface area (TPSA) is 66.9 Å². The van der Waals surface area contributed by atoms with Gasteiger partial charge in [-0.05, 0) is 51.4 Å². The zero-order valence-electron chi connectivity index (χ0n) is 14.7. The summed E-state index contributed by atoms with van der Waals surface area (Å²) in [7, 11) is -3.10. The maximum absolute atomic E-state index is 12.4. The molecule has 138 valence electrons. The largest absolute Gasteiger partial charge is 0.375 e. The van der Waals surface area contributed by atoms with Gasteiger partial charge in [0.2, 0.25) is 15.9 Å². The minimum Gasteiger partial charge on any atom is -0.375 e. The molecule has 3 heterocycles. The first-order chi connectivity index (χ1) is 11.4. The third-order valence-corrected chi connectivity index (χ3v) is 7.79. The van der Waals surface area contributed by atoms with E-state index >= 15 is 0 Å². The maximum Gasteiger partial charge on any atom is 0.222 e. The summed E-state index contributed by atoms with van der Waals surface area (Å²) >= 11 is 0. The fraction of sp³-hybridized carbons (Fsp3) is 0.941. The van der Waals surface area contributed by atoms with Gasteiger partial charge in [0.25, 0.3) is 0 Å². The number of nitrogens with zero attached hydrogens (tertiary/aromatic N) is 2. The van der Waals surface area contributed by atoms with Gasteiger partial charge in [0, 0.05) is 39.2 Å². The summed E-state index contributed by atoms with van der Waals surface area (Å²) in [6.45, 7) is 5.30. The van der Waals surface area contributed by atoms with Crippen LogP contribution in [0.3, 0.4) is 0 Å². The highest BCUT2D eigenvalue weighted by Crippen LogP contribution is 2.39. The summed E-state index contributed by atoms with van der Waals surface area (Å²) in [5.74, 6) is 0.829. The number of rotatable bonds is 4. The Kier molecular flexibility index (Phi) is 5.52. The second-order valence-corrected chi connectivity index (χ2v) is 9.74. The number of likely N-dealkylation sites (tertiary alicyclic amines) is 1. The van der Waals surface area contributed by atoms with Gasteiger partial charge >= 0.3 is 0 Å².